The molecule has 0 saturated carbocycles. The number of ketones is 1. The molecule has 2 aromatic rings. The van der Waals surface area contributed by atoms with Gasteiger partial charge in [-0.3, -0.25) is 9.59 Å². The van der Waals surface area contributed by atoms with Crippen molar-refractivity contribution in [2.75, 3.05) is 17.2 Å². The maximum Gasteiger partial charge on any atom is 0.325 e. The Labute approximate surface area is 175 Å². The zero-order valence-electron chi connectivity index (χ0n) is 16.3. The maximum atomic E-state index is 12.9. The molecule has 0 amide bonds. The van der Waals surface area contributed by atoms with Gasteiger partial charge in [-0.2, -0.15) is 0 Å². The van der Waals surface area contributed by atoms with Crippen molar-refractivity contribution >= 4 is 46.3 Å². The summed E-state index contributed by atoms with van der Waals surface area (Å²) in [5.41, 5.74) is 1.12. The lowest BCUT2D eigenvalue weighted by atomic mass is 10.0. The van der Waals surface area contributed by atoms with Gasteiger partial charge < -0.3 is 15.4 Å². The second-order valence-electron chi connectivity index (χ2n) is 7.37. The minimum Gasteiger partial charge on any atom is -0.459 e. The molecule has 0 spiro atoms. The van der Waals surface area contributed by atoms with Crippen molar-refractivity contribution in [1.82, 2.24) is 0 Å². The number of carbonyl (C=O) groups excluding carboxylic acids is 2. The molecule has 0 aliphatic carbocycles. The Morgan fingerprint density at radius 2 is 1.68 bits per heavy atom. The lowest BCUT2D eigenvalue weighted by Crippen LogP contribution is -2.29. The zero-order valence-corrected chi connectivity index (χ0v) is 17.8. The highest BCUT2D eigenvalue weighted by Crippen LogP contribution is 2.24. The number of hydrogen-bond acceptors (Lipinski definition) is 5. The van der Waals surface area contributed by atoms with Gasteiger partial charge in [-0.25, -0.2) is 0 Å². The Kier molecular flexibility index (Phi) is 7.33. The van der Waals surface area contributed by atoms with E-state index >= 15 is 0 Å². The van der Waals surface area contributed by atoms with E-state index < -0.39 is 17.6 Å². The third-order valence-corrected chi connectivity index (χ3v) is 4.11. The standard InChI is InChI=1S/C21H24Cl2N2O3/c1-13(25-16-10-14(22)9-15(23)11-16)20(27)17-7-5-6-8-18(17)24-12-19(26)28-21(2,3)4/h5-11,13,24-25H,12H2,1-4H3. The largest absolute Gasteiger partial charge is 0.459 e. The highest BCUT2D eigenvalue weighted by Gasteiger charge is 2.20. The minimum absolute atomic E-state index is 0.0345. The van der Waals surface area contributed by atoms with Crippen LogP contribution in [-0.4, -0.2) is 29.9 Å². The summed E-state index contributed by atoms with van der Waals surface area (Å²) in [7, 11) is 0. The van der Waals surface area contributed by atoms with Gasteiger partial charge in [0.1, 0.15) is 12.1 Å². The number of para-hydroxylation sites is 1. The van der Waals surface area contributed by atoms with Crippen molar-refractivity contribution in [2.24, 2.45) is 0 Å². The van der Waals surface area contributed by atoms with Gasteiger partial charge in [0.25, 0.3) is 0 Å². The molecular formula is C21H24Cl2N2O3. The van der Waals surface area contributed by atoms with Gasteiger partial charge in [-0.15, -0.1) is 0 Å². The van der Waals surface area contributed by atoms with E-state index in [1.807, 2.05) is 0 Å². The van der Waals surface area contributed by atoms with Crippen LogP contribution in [0.3, 0.4) is 0 Å². The summed E-state index contributed by atoms with van der Waals surface area (Å²) in [6.45, 7) is 7.13. The molecule has 0 fully saturated rings. The molecular weight excluding hydrogens is 399 g/mol. The van der Waals surface area contributed by atoms with E-state index in [2.05, 4.69) is 10.6 Å². The molecule has 5 nitrogen and oxygen atoms in total. The number of ether oxygens (including phenoxy) is 1. The van der Waals surface area contributed by atoms with E-state index in [9.17, 15) is 9.59 Å². The molecule has 1 unspecified atom stereocenters. The fourth-order valence-electron chi connectivity index (χ4n) is 2.58. The summed E-state index contributed by atoms with van der Waals surface area (Å²) in [6, 6.07) is 11.5. The fraction of sp³-hybridized carbons (Fsp3) is 0.333. The smallest absolute Gasteiger partial charge is 0.325 e. The predicted molar refractivity (Wildman–Crippen MR) is 115 cm³/mol. The van der Waals surface area contributed by atoms with E-state index in [1.165, 1.54) is 0 Å². The molecule has 0 aliphatic rings. The van der Waals surface area contributed by atoms with Crippen LogP contribution >= 0.6 is 23.2 Å². The van der Waals surface area contributed by atoms with Gasteiger partial charge >= 0.3 is 5.97 Å². The molecule has 150 valence electrons. The summed E-state index contributed by atoms with van der Waals surface area (Å²) in [5.74, 6) is -0.530. The second-order valence-corrected chi connectivity index (χ2v) is 8.25. The molecule has 1 atom stereocenters. The predicted octanol–water partition coefficient (Wildman–Crippen LogP) is 5.43. The van der Waals surface area contributed by atoms with Crippen molar-refractivity contribution < 1.29 is 14.3 Å². The zero-order chi connectivity index (χ0) is 20.9. The van der Waals surface area contributed by atoms with Crippen LogP contribution in [0.15, 0.2) is 42.5 Å². The van der Waals surface area contributed by atoms with Crippen LogP contribution in [0, 0.1) is 0 Å². The van der Waals surface area contributed by atoms with E-state index in [4.69, 9.17) is 27.9 Å². The molecule has 2 rings (SSSR count). The molecule has 0 radical (unpaired) electrons. The number of hydrogen-bond donors (Lipinski definition) is 2. The average molecular weight is 423 g/mol. The number of nitrogens with one attached hydrogen (secondary N) is 2. The maximum absolute atomic E-state index is 12.9. The Morgan fingerprint density at radius 1 is 1.07 bits per heavy atom. The second kappa shape index (κ2) is 9.30. The van der Waals surface area contributed by atoms with Crippen molar-refractivity contribution in [3.8, 4) is 0 Å². The normalized spacial score (nSPS) is 12.2. The molecule has 28 heavy (non-hydrogen) atoms. The highest BCUT2D eigenvalue weighted by atomic mass is 35.5. The Balaban J connectivity index is 2.09. The van der Waals surface area contributed by atoms with Gasteiger partial charge in [0.2, 0.25) is 0 Å². The van der Waals surface area contributed by atoms with Crippen LogP contribution < -0.4 is 10.6 Å². The van der Waals surface area contributed by atoms with E-state index in [1.54, 1.807) is 70.2 Å². The summed E-state index contributed by atoms with van der Waals surface area (Å²) >= 11 is 12.0. The van der Waals surface area contributed by atoms with Crippen LogP contribution in [0.2, 0.25) is 10.0 Å². The SMILES string of the molecule is CC(Nc1cc(Cl)cc(Cl)c1)C(=O)c1ccccc1NCC(=O)OC(C)(C)C. The van der Waals surface area contributed by atoms with Gasteiger partial charge in [0, 0.05) is 27.0 Å². The molecule has 7 heteroatoms. The average Bonchev–Trinajstić information content (AvgIpc) is 2.57. The summed E-state index contributed by atoms with van der Waals surface area (Å²) in [6.07, 6.45) is 0. The molecule has 0 bridgehead atoms. The topological polar surface area (TPSA) is 67.4 Å². The molecule has 0 heterocycles. The molecule has 0 aromatic heterocycles. The van der Waals surface area contributed by atoms with Crippen molar-refractivity contribution in [3.63, 3.8) is 0 Å². The first-order valence-corrected chi connectivity index (χ1v) is 9.62. The Bertz CT molecular complexity index is 843. The van der Waals surface area contributed by atoms with Gasteiger partial charge in [-0.1, -0.05) is 35.3 Å². The monoisotopic (exact) mass is 422 g/mol. The van der Waals surface area contributed by atoms with Crippen LogP contribution in [0.5, 0.6) is 0 Å². The van der Waals surface area contributed by atoms with Crippen LogP contribution in [0.1, 0.15) is 38.1 Å². The van der Waals surface area contributed by atoms with Crippen LogP contribution in [0.25, 0.3) is 0 Å². The summed E-state index contributed by atoms with van der Waals surface area (Å²) in [5, 5.41) is 7.06. The number of rotatable bonds is 7. The molecule has 0 saturated heterocycles. The van der Waals surface area contributed by atoms with Gasteiger partial charge in [-0.05, 0) is 58.0 Å². The van der Waals surface area contributed by atoms with E-state index in [0.29, 0.717) is 27.0 Å². The van der Waals surface area contributed by atoms with Gasteiger partial charge in [0.15, 0.2) is 5.78 Å². The lowest BCUT2D eigenvalue weighted by Gasteiger charge is -2.20. The number of esters is 1. The number of Topliss-reactive ketones (excluding diaryl/α,β-unsaturated/α-hetero) is 1. The van der Waals surface area contributed by atoms with Crippen LogP contribution in [-0.2, 0) is 9.53 Å². The third-order valence-electron chi connectivity index (χ3n) is 3.67. The lowest BCUT2D eigenvalue weighted by molar-refractivity contribution is -0.152. The quantitative estimate of drug-likeness (QED) is 0.459. The minimum atomic E-state index is -0.565. The van der Waals surface area contributed by atoms with Crippen molar-refractivity contribution in [3.05, 3.63) is 58.1 Å². The molecule has 2 aromatic carbocycles. The fourth-order valence-corrected chi connectivity index (χ4v) is 3.11. The number of anilines is 2. The van der Waals surface area contributed by atoms with E-state index in [0.717, 1.165) is 0 Å². The summed E-state index contributed by atoms with van der Waals surface area (Å²) in [4.78, 5) is 24.9. The first-order valence-electron chi connectivity index (χ1n) is 8.87. The first kappa shape index (κ1) is 22.1. The van der Waals surface area contributed by atoms with Crippen molar-refractivity contribution in [2.45, 2.75) is 39.3 Å². The van der Waals surface area contributed by atoms with E-state index in [-0.39, 0.29) is 12.3 Å². The Hall–Kier alpha value is -2.24. The third kappa shape index (κ3) is 6.73. The van der Waals surface area contributed by atoms with Gasteiger partial charge in [0.05, 0.1) is 6.04 Å². The highest BCUT2D eigenvalue weighted by molar-refractivity contribution is 6.35. The summed E-state index contributed by atoms with van der Waals surface area (Å²) < 4.78 is 5.28. The number of benzene rings is 2. The molecule has 0 aliphatic heterocycles. The van der Waals surface area contributed by atoms with Crippen molar-refractivity contribution in [1.29, 1.82) is 0 Å². The first-order chi connectivity index (χ1) is 13.0. The van der Waals surface area contributed by atoms with Crippen LogP contribution in [0.4, 0.5) is 11.4 Å². The Morgan fingerprint density at radius 3 is 2.29 bits per heavy atom. The number of halogens is 2. The molecule has 2 N–H and O–H groups in total. The number of carbonyl (C=O) groups is 2.